The van der Waals surface area contributed by atoms with Crippen LogP contribution in [0.5, 0.6) is 17.2 Å². The van der Waals surface area contributed by atoms with Gasteiger partial charge in [0, 0.05) is 11.3 Å². The molecule has 2 aromatic carbocycles. The van der Waals surface area contributed by atoms with E-state index in [0.717, 1.165) is 0 Å². The van der Waals surface area contributed by atoms with Crippen molar-refractivity contribution >= 4 is 41.3 Å². The first-order valence-electron chi connectivity index (χ1n) is 8.11. The molecule has 2 rings (SSSR count). The van der Waals surface area contributed by atoms with Crippen LogP contribution in [0.25, 0.3) is 0 Å². The van der Waals surface area contributed by atoms with Crippen LogP contribution in [0.3, 0.4) is 0 Å². The third-order valence-electron chi connectivity index (χ3n) is 3.54. The number of hydrogen-bond donors (Lipinski definition) is 2. The summed E-state index contributed by atoms with van der Waals surface area (Å²) in [6.07, 6.45) is 0. The number of halogens is 2. The summed E-state index contributed by atoms with van der Waals surface area (Å²) < 4.78 is 16.1. The second-order valence-electron chi connectivity index (χ2n) is 6.11. The Labute approximate surface area is 170 Å². The van der Waals surface area contributed by atoms with Gasteiger partial charge in [0.1, 0.15) is 5.75 Å². The molecule has 0 fully saturated rings. The predicted octanol–water partition coefficient (Wildman–Crippen LogP) is 4.65. The van der Waals surface area contributed by atoms with Gasteiger partial charge in [-0.05, 0) is 36.2 Å². The lowest BCUT2D eigenvalue weighted by Gasteiger charge is -2.15. The number of amides is 1. The van der Waals surface area contributed by atoms with E-state index in [1.54, 1.807) is 30.3 Å². The fraction of sp³-hybridized carbons (Fsp3) is 0.316. The number of carbonyl (C=O) groups excluding carboxylic acids is 1. The zero-order valence-corrected chi connectivity index (χ0v) is 17.2. The van der Waals surface area contributed by atoms with Crippen LogP contribution in [0.2, 0.25) is 5.02 Å². The average molecular weight is 415 g/mol. The Kier molecular flexibility index (Phi) is 8.53. The van der Waals surface area contributed by atoms with E-state index in [1.807, 2.05) is 13.8 Å². The van der Waals surface area contributed by atoms with E-state index >= 15 is 0 Å². The second kappa shape index (κ2) is 10.1. The van der Waals surface area contributed by atoms with Gasteiger partial charge in [-0.25, -0.2) is 0 Å². The Morgan fingerprint density at radius 1 is 1.15 bits per heavy atom. The van der Waals surface area contributed by atoms with Gasteiger partial charge in [0.25, 0.3) is 5.91 Å². The fourth-order valence-electron chi connectivity index (χ4n) is 2.26. The number of nitrogen functional groups attached to an aromatic ring is 1. The second-order valence-corrected chi connectivity index (χ2v) is 6.51. The van der Waals surface area contributed by atoms with Gasteiger partial charge in [-0.2, -0.15) is 0 Å². The van der Waals surface area contributed by atoms with Gasteiger partial charge in [-0.1, -0.05) is 25.4 Å². The third-order valence-corrected chi connectivity index (χ3v) is 3.82. The van der Waals surface area contributed by atoms with Crippen LogP contribution in [0.4, 0.5) is 11.4 Å². The van der Waals surface area contributed by atoms with Gasteiger partial charge in [-0.3, -0.25) is 4.79 Å². The van der Waals surface area contributed by atoms with Crippen LogP contribution in [0, 0.1) is 5.92 Å². The lowest BCUT2D eigenvalue weighted by atomic mass is 10.1. The van der Waals surface area contributed by atoms with Gasteiger partial charge in [0.2, 0.25) is 0 Å². The molecule has 0 aliphatic rings. The molecule has 0 bridgehead atoms. The molecule has 0 spiro atoms. The molecule has 0 aliphatic heterocycles. The minimum Gasteiger partial charge on any atom is -0.495 e. The van der Waals surface area contributed by atoms with Crippen LogP contribution in [0.15, 0.2) is 30.3 Å². The summed E-state index contributed by atoms with van der Waals surface area (Å²) in [6.45, 7) is 4.55. The summed E-state index contributed by atoms with van der Waals surface area (Å²) in [5.41, 5.74) is 7.18. The quantitative estimate of drug-likeness (QED) is 0.644. The van der Waals surface area contributed by atoms with E-state index in [-0.39, 0.29) is 18.3 Å². The molecule has 0 radical (unpaired) electrons. The molecule has 148 valence electrons. The molecule has 0 saturated heterocycles. The predicted molar refractivity (Wildman–Crippen MR) is 111 cm³/mol. The van der Waals surface area contributed by atoms with Crippen LogP contribution in [-0.4, -0.2) is 26.7 Å². The molecule has 2 aromatic rings. The lowest BCUT2D eigenvalue weighted by Crippen LogP contribution is -2.13. The van der Waals surface area contributed by atoms with Crippen molar-refractivity contribution in [3.63, 3.8) is 0 Å². The monoisotopic (exact) mass is 414 g/mol. The van der Waals surface area contributed by atoms with Crippen molar-refractivity contribution in [3.05, 3.63) is 40.9 Å². The van der Waals surface area contributed by atoms with Crippen molar-refractivity contribution in [3.8, 4) is 17.2 Å². The van der Waals surface area contributed by atoms with E-state index in [9.17, 15) is 4.79 Å². The van der Waals surface area contributed by atoms with Crippen molar-refractivity contribution < 1.29 is 19.0 Å². The van der Waals surface area contributed by atoms with E-state index in [2.05, 4.69) is 5.32 Å². The van der Waals surface area contributed by atoms with Crippen LogP contribution >= 0.6 is 24.0 Å². The summed E-state index contributed by atoms with van der Waals surface area (Å²) in [5.74, 6) is 1.36. The molecule has 8 heteroatoms. The average Bonchev–Trinajstić information content (AvgIpc) is 2.60. The maximum absolute atomic E-state index is 12.5. The van der Waals surface area contributed by atoms with Crippen molar-refractivity contribution in [2.45, 2.75) is 13.8 Å². The fourth-order valence-corrected chi connectivity index (χ4v) is 2.52. The summed E-state index contributed by atoms with van der Waals surface area (Å²) in [4.78, 5) is 12.5. The van der Waals surface area contributed by atoms with Gasteiger partial charge in [-0.15, -0.1) is 12.4 Å². The van der Waals surface area contributed by atoms with Crippen molar-refractivity contribution in [2.75, 3.05) is 31.9 Å². The highest BCUT2D eigenvalue weighted by atomic mass is 35.5. The van der Waals surface area contributed by atoms with Crippen molar-refractivity contribution in [2.24, 2.45) is 5.92 Å². The number of rotatable bonds is 7. The molecular formula is C19H24Cl2N2O4. The largest absolute Gasteiger partial charge is 0.495 e. The Balaban J connectivity index is 0.00000364. The third kappa shape index (κ3) is 5.84. The first-order valence-corrected chi connectivity index (χ1v) is 8.48. The molecule has 0 heterocycles. The Morgan fingerprint density at radius 3 is 2.37 bits per heavy atom. The smallest absolute Gasteiger partial charge is 0.255 e. The summed E-state index contributed by atoms with van der Waals surface area (Å²) in [6, 6.07) is 8.13. The molecule has 3 N–H and O–H groups in total. The molecule has 27 heavy (non-hydrogen) atoms. The Morgan fingerprint density at radius 2 is 1.81 bits per heavy atom. The molecule has 0 aliphatic carbocycles. The molecule has 1 amide bonds. The zero-order valence-electron chi connectivity index (χ0n) is 15.7. The van der Waals surface area contributed by atoms with Crippen LogP contribution in [-0.2, 0) is 0 Å². The minimum atomic E-state index is -0.342. The molecule has 0 atom stereocenters. The normalized spacial score (nSPS) is 10.1. The number of anilines is 2. The maximum atomic E-state index is 12.5. The number of carbonyl (C=O) groups is 1. The SMILES string of the molecule is COc1ccc(NC(=O)c2cc(Cl)c(OCC(C)C)c(OC)c2)cc1N.Cl. The van der Waals surface area contributed by atoms with E-state index in [4.69, 9.17) is 31.5 Å². The summed E-state index contributed by atoms with van der Waals surface area (Å²) in [7, 11) is 3.03. The number of benzene rings is 2. The lowest BCUT2D eigenvalue weighted by molar-refractivity contribution is 0.102. The summed E-state index contributed by atoms with van der Waals surface area (Å²) in [5, 5.41) is 3.08. The zero-order chi connectivity index (χ0) is 19.3. The summed E-state index contributed by atoms with van der Waals surface area (Å²) >= 11 is 6.29. The highest BCUT2D eigenvalue weighted by molar-refractivity contribution is 6.32. The highest BCUT2D eigenvalue weighted by Gasteiger charge is 2.17. The minimum absolute atomic E-state index is 0. The van der Waals surface area contributed by atoms with E-state index < -0.39 is 0 Å². The number of methoxy groups -OCH3 is 2. The number of hydrogen-bond acceptors (Lipinski definition) is 5. The molecule has 0 unspecified atom stereocenters. The van der Waals surface area contributed by atoms with Crippen LogP contribution < -0.4 is 25.3 Å². The Hall–Kier alpha value is -2.31. The van der Waals surface area contributed by atoms with Gasteiger partial charge in [0.15, 0.2) is 11.5 Å². The molecule has 0 saturated carbocycles. The standard InChI is InChI=1S/C19H23ClN2O4.ClH/c1-11(2)10-26-18-14(20)7-12(8-17(18)25-4)19(23)22-13-5-6-16(24-3)15(21)9-13;/h5-9,11H,10,21H2,1-4H3,(H,22,23);1H. The Bertz CT molecular complexity index is 798. The molecule has 6 nitrogen and oxygen atoms in total. The molecule has 0 aromatic heterocycles. The maximum Gasteiger partial charge on any atom is 0.255 e. The first kappa shape index (κ1) is 22.7. The number of nitrogens with one attached hydrogen (secondary N) is 1. The van der Waals surface area contributed by atoms with E-state index in [1.165, 1.54) is 14.2 Å². The van der Waals surface area contributed by atoms with Gasteiger partial charge >= 0.3 is 0 Å². The molecular weight excluding hydrogens is 391 g/mol. The van der Waals surface area contributed by atoms with Crippen LogP contribution in [0.1, 0.15) is 24.2 Å². The number of nitrogens with two attached hydrogens (primary N) is 1. The van der Waals surface area contributed by atoms with Gasteiger partial charge in [0.05, 0.1) is 31.5 Å². The van der Waals surface area contributed by atoms with Crippen molar-refractivity contribution in [1.29, 1.82) is 0 Å². The first-order chi connectivity index (χ1) is 12.3. The van der Waals surface area contributed by atoms with E-state index in [0.29, 0.717) is 51.7 Å². The van der Waals surface area contributed by atoms with Crippen molar-refractivity contribution in [1.82, 2.24) is 0 Å². The number of ether oxygens (including phenoxy) is 3. The topological polar surface area (TPSA) is 82.8 Å². The van der Waals surface area contributed by atoms with Gasteiger partial charge < -0.3 is 25.3 Å². The highest BCUT2D eigenvalue weighted by Crippen LogP contribution is 2.37.